The Morgan fingerprint density at radius 2 is 1.56 bits per heavy atom. The highest BCUT2D eigenvalue weighted by molar-refractivity contribution is 5.90. The van der Waals surface area contributed by atoms with Crippen LogP contribution in [0.4, 0.5) is 0 Å². The average Bonchev–Trinajstić information content (AvgIpc) is 2.63. The third-order valence-electron chi connectivity index (χ3n) is 3.65. The molecular formula is C21H18O4. The summed E-state index contributed by atoms with van der Waals surface area (Å²) in [7, 11) is 0. The van der Waals surface area contributed by atoms with Crippen molar-refractivity contribution in [2.24, 2.45) is 0 Å². The lowest BCUT2D eigenvalue weighted by atomic mass is 10.2. The Kier molecular flexibility index (Phi) is 5.32. The summed E-state index contributed by atoms with van der Waals surface area (Å²) in [5, 5.41) is 9.22. The molecule has 0 aliphatic heterocycles. The molecule has 0 saturated carbocycles. The lowest BCUT2D eigenvalue weighted by molar-refractivity contribution is 0.0694. The Bertz CT molecular complexity index is 843. The Balaban J connectivity index is 1.65. The minimum atomic E-state index is -1.02. The summed E-state index contributed by atoms with van der Waals surface area (Å²) in [5.74, 6) is 0.495. The van der Waals surface area contributed by atoms with E-state index in [1.807, 2.05) is 30.3 Å². The van der Waals surface area contributed by atoms with Crippen LogP contribution in [0.25, 0.3) is 0 Å². The SMILES string of the molecule is O=C(O)c1ccccc1Oc1cccc(OCCc2ccccc2)c1. The fourth-order valence-electron chi connectivity index (χ4n) is 2.42. The van der Waals surface area contributed by atoms with Gasteiger partial charge in [0.1, 0.15) is 22.8 Å². The molecule has 0 fully saturated rings. The number of aromatic carboxylic acids is 1. The molecule has 0 spiro atoms. The van der Waals surface area contributed by atoms with E-state index in [2.05, 4.69) is 12.1 Å². The molecule has 0 aliphatic carbocycles. The predicted octanol–water partition coefficient (Wildman–Crippen LogP) is 4.80. The summed E-state index contributed by atoms with van der Waals surface area (Å²) in [6, 6.07) is 23.8. The molecule has 0 aliphatic rings. The molecule has 126 valence electrons. The second-order valence-corrected chi connectivity index (χ2v) is 5.46. The standard InChI is InChI=1S/C21H18O4/c22-21(23)19-11-4-5-12-20(19)25-18-10-6-9-17(15-18)24-14-13-16-7-2-1-3-8-16/h1-12,15H,13-14H2,(H,22,23). The van der Waals surface area contributed by atoms with Gasteiger partial charge in [-0.1, -0.05) is 48.5 Å². The average molecular weight is 334 g/mol. The molecule has 0 unspecified atom stereocenters. The quantitative estimate of drug-likeness (QED) is 0.674. The van der Waals surface area contributed by atoms with Crippen LogP contribution >= 0.6 is 0 Å². The van der Waals surface area contributed by atoms with Gasteiger partial charge < -0.3 is 14.6 Å². The van der Waals surface area contributed by atoms with Gasteiger partial charge in [0.05, 0.1) is 6.61 Å². The van der Waals surface area contributed by atoms with Gasteiger partial charge in [-0.05, 0) is 29.8 Å². The van der Waals surface area contributed by atoms with Crippen molar-refractivity contribution in [2.75, 3.05) is 6.61 Å². The maximum absolute atomic E-state index is 11.3. The van der Waals surface area contributed by atoms with E-state index in [1.165, 1.54) is 11.6 Å². The Morgan fingerprint density at radius 3 is 2.36 bits per heavy atom. The fourth-order valence-corrected chi connectivity index (χ4v) is 2.42. The molecule has 3 rings (SSSR count). The molecule has 3 aromatic rings. The van der Waals surface area contributed by atoms with Crippen molar-refractivity contribution in [3.05, 3.63) is 90.0 Å². The molecule has 0 aromatic heterocycles. The maximum Gasteiger partial charge on any atom is 0.339 e. The number of para-hydroxylation sites is 1. The third kappa shape index (κ3) is 4.61. The highest BCUT2D eigenvalue weighted by Gasteiger charge is 2.11. The maximum atomic E-state index is 11.3. The number of hydrogen-bond acceptors (Lipinski definition) is 3. The monoisotopic (exact) mass is 334 g/mol. The van der Waals surface area contributed by atoms with E-state index in [9.17, 15) is 9.90 Å². The number of carboxylic acids is 1. The van der Waals surface area contributed by atoms with Crippen LogP contribution in [0.2, 0.25) is 0 Å². The zero-order valence-electron chi connectivity index (χ0n) is 13.6. The topological polar surface area (TPSA) is 55.8 Å². The van der Waals surface area contributed by atoms with Gasteiger partial charge >= 0.3 is 5.97 Å². The molecule has 0 heterocycles. The molecule has 1 N–H and O–H groups in total. The van der Waals surface area contributed by atoms with Crippen molar-refractivity contribution < 1.29 is 19.4 Å². The van der Waals surface area contributed by atoms with Crippen LogP contribution in [0.5, 0.6) is 17.2 Å². The summed E-state index contributed by atoms with van der Waals surface area (Å²) in [6.07, 6.45) is 0.813. The van der Waals surface area contributed by atoms with Gasteiger partial charge in [-0.2, -0.15) is 0 Å². The first-order valence-electron chi connectivity index (χ1n) is 7.99. The molecule has 0 bridgehead atoms. The number of hydrogen-bond donors (Lipinski definition) is 1. The van der Waals surface area contributed by atoms with Gasteiger partial charge in [-0.15, -0.1) is 0 Å². The summed E-state index contributed by atoms with van der Waals surface area (Å²) in [5.41, 5.74) is 1.34. The lowest BCUT2D eigenvalue weighted by Crippen LogP contribution is -2.02. The van der Waals surface area contributed by atoms with Crippen LogP contribution in [0, 0.1) is 0 Å². The van der Waals surface area contributed by atoms with E-state index < -0.39 is 5.97 Å². The van der Waals surface area contributed by atoms with Crippen LogP contribution in [0.3, 0.4) is 0 Å². The van der Waals surface area contributed by atoms with Crippen LogP contribution in [0.15, 0.2) is 78.9 Å². The van der Waals surface area contributed by atoms with Gasteiger partial charge in [-0.25, -0.2) is 4.79 Å². The van der Waals surface area contributed by atoms with E-state index in [0.717, 1.165) is 6.42 Å². The molecule has 0 saturated heterocycles. The number of benzene rings is 3. The Labute approximate surface area is 146 Å². The largest absolute Gasteiger partial charge is 0.493 e. The van der Waals surface area contributed by atoms with Crippen molar-refractivity contribution in [2.45, 2.75) is 6.42 Å². The van der Waals surface area contributed by atoms with Crippen LogP contribution in [-0.2, 0) is 6.42 Å². The molecule has 0 amide bonds. The highest BCUT2D eigenvalue weighted by Crippen LogP contribution is 2.28. The van der Waals surface area contributed by atoms with Gasteiger partial charge in [-0.3, -0.25) is 0 Å². The van der Waals surface area contributed by atoms with Gasteiger partial charge in [0, 0.05) is 12.5 Å². The smallest absolute Gasteiger partial charge is 0.339 e. The van der Waals surface area contributed by atoms with Crippen molar-refractivity contribution in [1.29, 1.82) is 0 Å². The number of ether oxygens (including phenoxy) is 2. The number of carbonyl (C=O) groups is 1. The zero-order valence-corrected chi connectivity index (χ0v) is 13.6. The second kappa shape index (κ2) is 8.02. The van der Waals surface area contributed by atoms with Crippen LogP contribution in [0.1, 0.15) is 15.9 Å². The van der Waals surface area contributed by atoms with Crippen molar-refractivity contribution in [1.82, 2.24) is 0 Å². The molecule has 4 heteroatoms. The van der Waals surface area contributed by atoms with E-state index >= 15 is 0 Å². The zero-order chi connectivity index (χ0) is 17.5. The molecular weight excluding hydrogens is 316 g/mol. The lowest BCUT2D eigenvalue weighted by Gasteiger charge is -2.11. The molecule has 0 radical (unpaired) electrons. The summed E-state index contributed by atoms with van der Waals surface area (Å²) in [6.45, 7) is 0.555. The first kappa shape index (κ1) is 16.6. The second-order valence-electron chi connectivity index (χ2n) is 5.46. The van der Waals surface area contributed by atoms with E-state index in [-0.39, 0.29) is 5.56 Å². The highest BCUT2D eigenvalue weighted by atomic mass is 16.5. The number of carboxylic acid groups (broad SMARTS) is 1. The van der Waals surface area contributed by atoms with Gasteiger partial charge in [0.2, 0.25) is 0 Å². The van der Waals surface area contributed by atoms with Crippen molar-refractivity contribution in [3.8, 4) is 17.2 Å². The third-order valence-corrected chi connectivity index (χ3v) is 3.65. The van der Waals surface area contributed by atoms with E-state index in [1.54, 1.807) is 30.3 Å². The minimum Gasteiger partial charge on any atom is -0.493 e. The molecule has 25 heavy (non-hydrogen) atoms. The summed E-state index contributed by atoms with van der Waals surface area (Å²) >= 11 is 0. The Hall–Kier alpha value is -3.27. The molecule has 3 aromatic carbocycles. The predicted molar refractivity (Wildman–Crippen MR) is 95.6 cm³/mol. The normalized spacial score (nSPS) is 10.2. The van der Waals surface area contributed by atoms with Crippen molar-refractivity contribution in [3.63, 3.8) is 0 Å². The van der Waals surface area contributed by atoms with Crippen LogP contribution in [-0.4, -0.2) is 17.7 Å². The van der Waals surface area contributed by atoms with E-state index in [4.69, 9.17) is 9.47 Å². The van der Waals surface area contributed by atoms with Crippen molar-refractivity contribution >= 4 is 5.97 Å². The summed E-state index contributed by atoms with van der Waals surface area (Å²) in [4.78, 5) is 11.3. The first-order valence-corrected chi connectivity index (χ1v) is 7.99. The fraction of sp³-hybridized carbons (Fsp3) is 0.0952. The summed E-state index contributed by atoms with van der Waals surface area (Å²) < 4.78 is 11.5. The first-order chi connectivity index (χ1) is 12.2. The van der Waals surface area contributed by atoms with E-state index in [0.29, 0.717) is 23.9 Å². The minimum absolute atomic E-state index is 0.123. The number of rotatable bonds is 7. The van der Waals surface area contributed by atoms with Crippen LogP contribution < -0.4 is 9.47 Å². The molecule has 0 atom stereocenters. The molecule has 4 nitrogen and oxygen atoms in total. The van der Waals surface area contributed by atoms with Gasteiger partial charge in [0.15, 0.2) is 0 Å². The van der Waals surface area contributed by atoms with Gasteiger partial charge in [0.25, 0.3) is 0 Å². The Morgan fingerprint density at radius 1 is 0.840 bits per heavy atom.